The molecule has 1 aliphatic rings. The minimum atomic E-state index is -0.774. The van der Waals surface area contributed by atoms with Gasteiger partial charge in [0.05, 0.1) is 10.8 Å². The molecule has 3 nitrogen and oxygen atoms in total. The molecule has 5 heteroatoms. The van der Waals surface area contributed by atoms with Crippen molar-refractivity contribution in [2.24, 2.45) is 11.8 Å². The van der Waals surface area contributed by atoms with E-state index in [0.29, 0.717) is 19.3 Å². The molecule has 17 heavy (non-hydrogen) atoms. The fourth-order valence-electron chi connectivity index (χ4n) is 2.23. The molecule has 1 aliphatic carbocycles. The van der Waals surface area contributed by atoms with Crippen LogP contribution in [0.1, 0.15) is 33.8 Å². The summed E-state index contributed by atoms with van der Waals surface area (Å²) < 4.78 is 0.957. The SMILES string of the molecule is Cc1sc(C(=O)C2CCC(C(=O)O)C2)cc1Br. The van der Waals surface area contributed by atoms with Crippen molar-refractivity contribution in [3.8, 4) is 0 Å². The summed E-state index contributed by atoms with van der Waals surface area (Å²) in [7, 11) is 0. The number of carboxylic acid groups (broad SMARTS) is 1. The Hall–Kier alpha value is -0.680. The number of Topliss-reactive ketones (excluding diaryl/α,β-unsaturated/α-hetero) is 1. The Kier molecular flexibility index (Phi) is 3.68. The van der Waals surface area contributed by atoms with Gasteiger partial charge in [0, 0.05) is 15.3 Å². The highest BCUT2D eigenvalue weighted by Gasteiger charge is 2.34. The third-order valence-electron chi connectivity index (χ3n) is 3.25. The smallest absolute Gasteiger partial charge is 0.306 e. The van der Waals surface area contributed by atoms with E-state index < -0.39 is 5.97 Å². The second-order valence-electron chi connectivity index (χ2n) is 4.42. The molecular weight excluding hydrogens is 304 g/mol. The molecule has 1 aromatic rings. The lowest BCUT2D eigenvalue weighted by Crippen LogP contribution is -2.13. The van der Waals surface area contributed by atoms with E-state index >= 15 is 0 Å². The number of thiophene rings is 1. The van der Waals surface area contributed by atoms with Gasteiger partial charge in [-0.25, -0.2) is 0 Å². The van der Waals surface area contributed by atoms with Crippen LogP contribution >= 0.6 is 27.3 Å². The van der Waals surface area contributed by atoms with E-state index in [4.69, 9.17) is 5.11 Å². The first kappa shape index (κ1) is 12.8. The van der Waals surface area contributed by atoms with Gasteiger partial charge < -0.3 is 5.11 Å². The lowest BCUT2D eigenvalue weighted by Gasteiger charge is -2.06. The molecule has 0 spiro atoms. The Balaban J connectivity index is 2.09. The molecule has 0 bridgehead atoms. The van der Waals surface area contributed by atoms with Crippen molar-refractivity contribution in [3.05, 3.63) is 20.3 Å². The van der Waals surface area contributed by atoms with Crippen molar-refractivity contribution in [2.45, 2.75) is 26.2 Å². The van der Waals surface area contributed by atoms with Gasteiger partial charge in [-0.2, -0.15) is 0 Å². The maximum absolute atomic E-state index is 12.2. The molecule has 2 rings (SSSR count). The molecule has 2 atom stereocenters. The fourth-order valence-corrected chi connectivity index (χ4v) is 3.78. The molecule has 0 saturated heterocycles. The molecule has 1 fully saturated rings. The molecule has 0 aromatic carbocycles. The Bertz CT molecular complexity index is 447. The maximum atomic E-state index is 12.2. The van der Waals surface area contributed by atoms with E-state index in [1.54, 1.807) is 0 Å². The highest BCUT2D eigenvalue weighted by Crippen LogP contribution is 2.36. The summed E-state index contributed by atoms with van der Waals surface area (Å²) >= 11 is 4.87. The molecule has 1 heterocycles. The number of rotatable bonds is 3. The Labute approximate surface area is 112 Å². The topological polar surface area (TPSA) is 54.4 Å². The van der Waals surface area contributed by atoms with Crippen LogP contribution in [0.4, 0.5) is 0 Å². The first-order valence-electron chi connectivity index (χ1n) is 5.52. The zero-order chi connectivity index (χ0) is 12.6. The lowest BCUT2D eigenvalue weighted by atomic mass is 9.99. The van der Waals surface area contributed by atoms with Crippen molar-refractivity contribution < 1.29 is 14.7 Å². The van der Waals surface area contributed by atoms with Crippen LogP contribution in [0.15, 0.2) is 10.5 Å². The minimum absolute atomic E-state index is 0.104. The summed E-state index contributed by atoms with van der Waals surface area (Å²) in [5, 5.41) is 8.92. The Morgan fingerprint density at radius 2 is 2.06 bits per heavy atom. The van der Waals surface area contributed by atoms with E-state index in [-0.39, 0.29) is 17.6 Å². The van der Waals surface area contributed by atoms with Gasteiger partial charge in [-0.15, -0.1) is 11.3 Å². The summed E-state index contributed by atoms with van der Waals surface area (Å²) in [6.07, 6.45) is 1.81. The van der Waals surface area contributed by atoms with Gasteiger partial charge in [0.2, 0.25) is 0 Å². The number of carbonyl (C=O) groups is 2. The number of hydrogen-bond donors (Lipinski definition) is 1. The first-order chi connectivity index (χ1) is 7.99. The molecule has 1 N–H and O–H groups in total. The predicted octanol–water partition coefficient (Wildman–Crippen LogP) is 3.50. The number of halogens is 1. The quantitative estimate of drug-likeness (QED) is 0.868. The van der Waals surface area contributed by atoms with Crippen molar-refractivity contribution in [1.82, 2.24) is 0 Å². The average Bonchev–Trinajstić information content (AvgIpc) is 2.86. The van der Waals surface area contributed by atoms with E-state index in [9.17, 15) is 9.59 Å². The third kappa shape index (κ3) is 2.60. The predicted molar refractivity (Wildman–Crippen MR) is 69.6 cm³/mol. The number of aryl methyl sites for hydroxylation is 1. The van der Waals surface area contributed by atoms with Gasteiger partial charge in [0.15, 0.2) is 5.78 Å². The maximum Gasteiger partial charge on any atom is 0.306 e. The second-order valence-corrected chi connectivity index (χ2v) is 6.53. The normalized spacial score (nSPS) is 23.9. The molecule has 0 aliphatic heterocycles. The monoisotopic (exact) mass is 316 g/mol. The second kappa shape index (κ2) is 4.90. The molecule has 2 unspecified atom stereocenters. The molecule has 1 aromatic heterocycles. The molecule has 0 amide bonds. The Morgan fingerprint density at radius 1 is 1.41 bits per heavy atom. The standard InChI is InChI=1S/C12H13BrO3S/c1-6-9(13)5-10(17-6)11(14)7-2-3-8(4-7)12(15)16/h5,7-8H,2-4H2,1H3,(H,15,16). The van der Waals surface area contributed by atoms with Gasteiger partial charge in [-0.3, -0.25) is 9.59 Å². The van der Waals surface area contributed by atoms with Crippen molar-refractivity contribution >= 4 is 39.0 Å². The summed E-state index contributed by atoms with van der Waals surface area (Å²) in [5.41, 5.74) is 0. The van der Waals surface area contributed by atoms with E-state index in [1.165, 1.54) is 11.3 Å². The average molecular weight is 317 g/mol. The van der Waals surface area contributed by atoms with Crippen LogP contribution in [0.3, 0.4) is 0 Å². The van der Waals surface area contributed by atoms with Gasteiger partial charge in [-0.05, 0) is 48.2 Å². The van der Waals surface area contributed by atoms with Gasteiger partial charge in [-0.1, -0.05) is 0 Å². The zero-order valence-electron chi connectivity index (χ0n) is 9.40. The summed E-state index contributed by atoms with van der Waals surface area (Å²) in [5.74, 6) is -1.12. The fraction of sp³-hybridized carbons (Fsp3) is 0.500. The van der Waals surface area contributed by atoms with Gasteiger partial charge in [0.1, 0.15) is 0 Å². The Morgan fingerprint density at radius 3 is 2.53 bits per heavy atom. The van der Waals surface area contributed by atoms with E-state index in [1.807, 2.05) is 13.0 Å². The summed E-state index contributed by atoms with van der Waals surface area (Å²) in [4.78, 5) is 24.9. The van der Waals surface area contributed by atoms with Crippen LogP contribution < -0.4 is 0 Å². The first-order valence-corrected chi connectivity index (χ1v) is 7.13. The van der Waals surface area contributed by atoms with Crippen LogP contribution in [0.5, 0.6) is 0 Å². The minimum Gasteiger partial charge on any atom is -0.481 e. The van der Waals surface area contributed by atoms with Crippen molar-refractivity contribution in [3.63, 3.8) is 0 Å². The van der Waals surface area contributed by atoms with E-state index in [2.05, 4.69) is 15.9 Å². The van der Waals surface area contributed by atoms with Crippen LogP contribution in [-0.4, -0.2) is 16.9 Å². The number of carboxylic acids is 1. The summed E-state index contributed by atoms with van der Waals surface area (Å²) in [6.45, 7) is 1.96. The van der Waals surface area contributed by atoms with Crippen molar-refractivity contribution in [2.75, 3.05) is 0 Å². The zero-order valence-corrected chi connectivity index (χ0v) is 11.8. The molecule has 92 valence electrons. The van der Waals surface area contributed by atoms with Crippen LogP contribution in [0.25, 0.3) is 0 Å². The van der Waals surface area contributed by atoms with Crippen LogP contribution in [0, 0.1) is 18.8 Å². The number of aliphatic carboxylic acids is 1. The molecule has 1 saturated carbocycles. The highest BCUT2D eigenvalue weighted by atomic mass is 79.9. The number of hydrogen-bond acceptors (Lipinski definition) is 3. The largest absolute Gasteiger partial charge is 0.481 e. The van der Waals surface area contributed by atoms with E-state index in [0.717, 1.165) is 14.2 Å². The molecular formula is C12H13BrO3S. The molecule has 0 radical (unpaired) electrons. The number of ketones is 1. The van der Waals surface area contributed by atoms with Gasteiger partial charge in [0.25, 0.3) is 0 Å². The van der Waals surface area contributed by atoms with Crippen LogP contribution in [0.2, 0.25) is 0 Å². The van der Waals surface area contributed by atoms with Gasteiger partial charge >= 0.3 is 5.97 Å². The lowest BCUT2D eigenvalue weighted by molar-refractivity contribution is -0.141. The highest BCUT2D eigenvalue weighted by molar-refractivity contribution is 9.10. The van der Waals surface area contributed by atoms with Crippen molar-refractivity contribution in [1.29, 1.82) is 0 Å². The van der Waals surface area contributed by atoms with Crippen LogP contribution in [-0.2, 0) is 4.79 Å². The summed E-state index contributed by atoms with van der Waals surface area (Å²) in [6, 6.07) is 1.84. The number of carbonyl (C=O) groups excluding carboxylic acids is 1. The third-order valence-corrected chi connectivity index (χ3v) is 5.40.